The fourth-order valence-corrected chi connectivity index (χ4v) is 3.50. The molecule has 0 fully saturated rings. The van der Waals surface area contributed by atoms with Gasteiger partial charge in [0.15, 0.2) is 0 Å². The van der Waals surface area contributed by atoms with Crippen molar-refractivity contribution in [1.29, 1.82) is 0 Å². The summed E-state index contributed by atoms with van der Waals surface area (Å²) in [5.41, 5.74) is 1.47. The summed E-state index contributed by atoms with van der Waals surface area (Å²) in [6.07, 6.45) is 1.88. The fraction of sp³-hybridized carbons (Fsp3) is 0.464. The van der Waals surface area contributed by atoms with Gasteiger partial charge in [-0.3, -0.25) is 4.79 Å². The Labute approximate surface area is 208 Å². The Bertz CT molecular complexity index is 967. The minimum Gasteiger partial charge on any atom is -0.481 e. The highest BCUT2D eigenvalue weighted by atomic mass is 16.6. The number of carboxylic acids is 1. The van der Waals surface area contributed by atoms with E-state index in [4.69, 9.17) is 9.47 Å². The summed E-state index contributed by atoms with van der Waals surface area (Å²) in [5.74, 6) is -2.34. The average Bonchev–Trinajstić information content (AvgIpc) is 2.80. The topological polar surface area (TPSA) is 93.1 Å². The van der Waals surface area contributed by atoms with Crippen LogP contribution in [0.1, 0.15) is 62.0 Å². The molecule has 2 aromatic carbocycles. The van der Waals surface area contributed by atoms with Crippen LogP contribution >= 0.6 is 0 Å². The minimum atomic E-state index is -1.02. The summed E-state index contributed by atoms with van der Waals surface area (Å²) in [7, 11) is 0. The highest BCUT2D eigenvalue weighted by Crippen LogP contribution is 2.17. The van der Waals surface area contributed by atoms with Crippen molar-refractivity contribution in [1.82, 2.24) is 4.90 Å². The van der Waals surface area contributed by atoms with Gasteiger partial charge in [-0.2, -0.15) is 0 Å². The van der Waals surface area contributed by atoms with Gasteiger partial charge < -0.3 is 19.5 Å². The van der Waals surface area contributed by atoms with Crippen molar-refractivity contribution in [2.24, 2.45) is 5.92 Å². The monoisotopic (exact) mass is 483 g/mol. The van der Waals surface area contributed by atoms with Gasteiger partial charge in [0.25, 0.3) is 0 Å². The van der Waals surface area contributed by atoms with E-state index in [9.17, 15) is 19.5 Å². The summed E-state index contributed by atoms with van der Waals surface area (Å²) in [6.45, 7) is 8.02. The first-order chi connectivity index (χ1) is 16.6. The van der Waals surface area contributed by atoms with Crippen LogP contribution in [0.2, 0.25) is 0 Å². The van der Waals surface area contributed by atoms with E-state index >= 15 is 0 Å². The number of amides is 1. The van der Waals surface area contributed by atoms with Gasteiger partial charge in [-0.15, -0.1) is 0 Å². The Morgan fingerprint density at radius 1 is 1.00 bits per heavy atom. The summed E-state index contributed by atoms with van der Waals surface area (Å²) < 4.78 is 10.8. The number of hydrogen-bond donors (Lipinski definition) is 1. The van der Waals surface area contributed by atoms with Gasteiger partial charge in [0.1, 0.15) is 5.60 Å². The Morgan fingerprint density at radius 3 is 2.31 bits per heavy atom. The van der Waals surface area contributed by atoms with E-state index in [1.807, 2.05) is 37.3 Å². The van der Waals surface area contributed by atoms with Gasteiger partial charge in [0.2, 0.25) is 0 Å². The molecule has 7 nitrogen and oxygen atoms in total. The van der Waals surface area contributed by atoms with Gasteiger partial charge in [0.05, 0.1) is 18.1 Å². The quantitative estimate of drug-likeness (QED) is 0.322. The highest BCUT2D eigenvalue weighted by Gasteiger charge is 2.26. The van der Waals surface area contributed by atoms with Gasteiger partial charge in [-0.1, -0.05) is 55.8 Å². The molecule has 35 heavy (non-hydrogen) atoms. The molecule has 1 atom stereocenters. The second-order valence-electron chi connectivity index (χ2n) is 9.59. The van der Waals surface area contributed by atoms with E-state index in [-0.39, 0.29) is 13.0 Å². The number of ether oxygens (including phenoxy) is 2. The number of carbonyl (C=O) groups excluding carboxylic acids is 2. The van der Waals surface area contributed by atoms with Crippen LogP contribution in [0.15, 0.2) is 54.6 Å². The van der Waals surface area contributed by atoms with E-state index < -0.39 is 29.6 Å². The van der Waals surface area contributed by atoms with Crippen molar-refractivity contribution < 1.29 is 29.0 Å². The third kappa shape index (κ3) is 10.2. The van der Waals surface area contributed by atoms with Crippen LogP contribution in [-0.4, -0.2) is 53.3 Å². The third-order valence-electron chi connectivity index (χ3n) is 5.33. The normalized spacial score (nSPS) is 12.0. The smallest absolute Gasteiger partial charge is 0.409 e. The molecule has 0 saturated carbocycles. The molecule has 1 unspecified atom stereocenters. The van der Waals surface area contributed by atoms with Crippen LogP contribution in [0, 0.1) is 5.92 Å². The molecule has 1 N–H and O–H groups in total. The first-order valence-electron chi connectivity index (χ1n) is 12.1. The lowest BCUT2D eigenvalue weighted by Crippen LogP contribution is -2.40. The van der Waals surface area contributed by atoms with E-state index in [0.29, 0.717) is 30.7 Å². The maximum Gasteiger partial charge on any atom is 0.409 e. The molecule has 1 amide bonds. The van der Waals surface area contributed by atoms with Crippen LogP contribution in [0.25, 0.3) is 0 Å². The lowest BCUT2D eigenvalue weighted by Gasteiger charge is -2.26. The lowest BCUT2D eigenvalue weighted by molar-refractivity contribution is -0.142. The molecule has 0 radical (unpaired) electrons. The predicted molar refractivity (Wildman–Crippen MR) is 134 cm³/mol. The SMILES string of the molecule is CCCCOC(=O)N(CCc1ccccc1)CC(Cc1cccc(C(=O)OC(C)(C)C)c1)C(=O)O. The number of benzene rings is 2. The van der Waals surface area contributed by atoms with Gasteiger partial charge in [0, 0.05) is 13.1 Å². The Kier molecular flexibility index (Phi) is 10.8. The number of esters is 1. The molecule has 0 aliphatic rings. The zero-order chi connectivity index (χ0) is 25.8. The molecule has 0 spiro atoms. The van der Waals surface area contributed by atoms with Gasteiger partial charge in [-0.05, 0) is 63.3 Å². The average molecular weight is 484 g/mol. The lowest BCUT2D eigenvalue weighted by atomic mass is 9.97. The van der Waals surface area contributed by atoms with E-state index in [2.05, 4.69) is 0 Å². The van der Waals surface area contributed by atoms with Crippen molar-refractivity contribution in [2.75, 3.05) is 19.7 Å². The largest absolute Gasteiger partial charge is 0.481 e. The molecule has 2 rings (SSSR count). The van der Waals surface area contributed by atoms with E-state index in [1.165, 1.54) is 4.90 Å². The molecule has 0 saturated heterocycles. The zero-order valence-corrected chi connectivity index (χ0v) is 21.2. The number of carbonyl (C=O) groups is 3. The van der Waals surface area contributed by atoms with Crippen LogP contribution in [0.3, 0.4) is 0 Å². The number of hydrogen-bond acceptors (Lipinski definition) is 5. The first-order valence-corrected chi connectivity index (χ1v) is 12.1. The van der Waals surface area contributed by atoms with Crippen LogP contribution in [-0.2, 0) is 27.1 Å². The maximum absolute atomic E-state index is 12.8. The minimum absolute atomic E-state index is 0.00376. The van der Waals surface area contributed by atoms with Gasteiger partial charge in [-0.25, -0.2) is 9.59 Å². The van der Waals surface area contributed by atoms with Crippen LogP contribution in [0.4, 0.5) is 4.79 Å². The maximum atomic E-state index is 12.8. The number of nitrogens with zero attached hydrogens (tertiary/aromatic N) is 1. The Hall–Kier alpha value is -3.35. The molecular formula is C28H37NO6. The Morgan fingerprint density at radius 2 is 1.69 bits per heavy atom. The molecular weight excluding hydrogens is 446 g/mol. The molecule has 0 aromatic heterocycles. The fourth-order valence-electron chi connectivity index (χ4n) is 3.50. The summed E-state index contributed by atoms with van der Waals surface area (Å²) in [6, 6.07) is 16.5. The van der Waals surface area contributed by atoms with Crippen molar-refractivity contribution in [3.05, 3.63) is 71.3 Å². The second-order valence-corrected chi connectivity index (χ2v) is 9.59. The van der Waals surface area contributed by atoms with Crippen molar-refractivity contribution in [2.45, 2.75) is 59.0 Å². The molecule has 190 valence electrons. The second kappa shape index (κ2) is 13.5. The number of unbranched alkanes of at least 4 members (excludes halogenated alkanes) is 1. The van der Waals surface area contributed by atoms with Crippen LogP contribution in [0.5, 0.6) is 0 Å². The Balaban J connectivity index is 2.15. The molecule has 0 bridgehead atoms. The van der Waals surface area contributed by atoms with E-state index in [1.54, 1.807) is 45.0 Å². The standard InChI is InChI=1S/C28H37NO6/c1-5-6-17-34-27(33)29(16-15-21-11-8-7-9-12-21)20-24(25(30)31)19-22-13-10-14-23(18-22)26(32)35-28(2,3)4/h7-14,18,24H,5-6,15-17,19-20H2,1-4H3,(H,30,31). The first kappa shape index (κ1) is 27.9. The van der Waals surface area contributed by atoms with Crippen molar-refractivity contribution in [3.8, 4) is 0 Å². The molecule has 2 aromatic rings. The molecule has 0 heterocycles. The third-order valence-corrected chi connectivity index (χ3v) is 5.33. The van der Waals surface area contributed by atoms with E-state index in [0.717, 1.165) is 18.4 Å². The van der Waals surface area contributed by atoms with Crippen molar-refractivity contribution >= 4 is 18.0 Å². The van der Waals surface area contributed by atoms with Gasteiger partial charge >= 0.3 is 18.0 Å². The number of aliphatic carboxylic acids is 1. The molecule has 7 heteroatoms. The summed E-state index contributed by atoms with van der Waals surface area (Å²) in [4.78, 5) is 38.8. The number of rotatable bonds is 12. The number of carboxylic acid groups (broad SMARTS) is 1. The predicted octanol–water partition coefficient (Wildman–Crippen LogP) is 5.37. The van der Waals surface area contributed by atoms with Crippen LogP contribution < -0.4 is 0 Å². The highest BCUT2D eigenvalue weighted by molar-refractivity contribution is 5.89. The summed E-state index contributed by atoms with van der Waals surface area (Å²) >= 11 is 0. The summed E-state index contributed by atoms with van der Waals surface area (Å²) in [5, 5.41) is 9.93. The molecule has 0 aliphatic carbocycles. The zero-order valence-electron chi connectivity index (χ0n) is 21.2. The molecule has 0 aliphatic heterocycles. The van der Waals surface area contributed by atoms with Crippen molar-refractivity contribution in [3.63, 3.8) is 0 Å².